The fraction of sp³-hybridized carbons (Fsp3) is 0.435. The summed E-state index contributed by atoms with van der Waals surface area (Å²) >= 11 is 5.84. The number of fused-ring (bicyclic) bond motifs is 1. The largest absolute Gasteiger partial charge is 0.485 e. The summed E-state index contributed by atoms with van der Waals surface area (Å²) in [6.07, 6.45) is -0.459. The molecule has 0 aromatic heterocycles. The number of nitrogens with one attached hydrogen (secondary N) is 2. The van der Waals surface area contributed by atoms with Crippen LogP contribution in [0.25, 0.3) is 0 Å². The number of sulfonamides is 2. The number of ether oxygens (including phenoxy) is 2. The highest BCUT2D eigenvalue weighted by molar-refractivity contribution is 7.92. The summed E-state index contributed by atoms with van der Waals surface area (Å²) in [4.78, 5) is 12.0. The number of carbonyl (C=O) groups is 1. The van der Waals surface area contributed by atoms with E-state index in [4.69, 9.17) is 21.1 Å². The molecule has 1 aliphatic heterocycles. The van der Waals surface area contributed by atoms with Gasteiger partial charge in [0.05, 0.1) is 27.4 Å². The Morgan fingerprint density at radius 3 is 2.49 bits per heavy atom. The van der Waals surface area contributed by atoms with Gasteiger partial charge < -0.3 is 9.47 Å². The van der Waals surface area contributed by atoms with Gasteiger partial charge >= 0.3 is 6.09 Å². The minimum Gasteiger partial charge on any atom is -0.485 e. The van der Waals surface area contributed by atoms with Crippen LogP contribution >= 0.6 is 11.6 Å². The molecule has 202 valence electrons. The van der Waals surface area contributed by atoms with Crippen LogP contribution in [-0.4, -0.2) is 53.0 Å². The van der Waals surface area contributed by atoms with Crippen LogP contribution in [0.2, 0.25) is 5.02 Å². The molecule has 37 heavy (non-hydrogen) atoms. The molecule has 4 rings (SSSR count). The molecule has 14 heteroatoms. The molecule has 1 saturated carbocycles. The number of hydrogen-bond donors (Lipinski definition) is 2. The van der Waals surface area contributed by atoms with Gasteiger partial charge in [0, 0.05) is 12.2 Å². The first kappa shape index (κ1) is 27.4. The number of amides is 1. The zero-order valence-electron chi connectivity index (χ0n) is 20.3. The Morgan fingerprint density at radius 1 is 1.16 bits per heavy atom. The third kappa shape index (κ3) is 6.46. The number of hydrogen-bond acceptors (Lipinski definition) is 7. The Morgan fingerprint density at radius 2 is 1.86 bits per heavy atom. The molecular formula is C23H27ClFN3O7S2. The smallest absolute Gasteiger partial charge is 0.412 e. The van der Waals surface area contributed by atoms with E-state index in [1.54, 1.807) is 20.8 Å². The number of anilines is 2. The van der Waals surface area contributed by atoms with E-state index in [0.29, 0.717) is 12.8 Å². The molecule has 1 amide bonds. The van der Waals surface area contributed by atoms with E-state index in [1.807, 2.05) is 0 Å². The standard InChI is InChI=1S/C23H27ClFN3O7S2/c1-23(2,3)35-22(29)27-14-4-9-21-20(10-14)28(37(32,33)17-7-8-19(25)18(24)11-17)13-15(34-21)12-26-36(30,31)16-5-6-16/h4,7-11,15-16,26H,5-6,12-13H2,1-3H3,(H,27,29)/t15-/m0/s1. The van der Waals surface area contributed by atoms with Crippen LogP contribution in [0.5, 0.6) is 5.75 Å². The maximum absolute atomic E-state index is 13.7. The van der Waals surface area contributed by atoms with E-state index in [2.05, 4.69) is 10.0 Å². The first-order valence-electron chi connectivity index (χ1n) is 11.4. The summed E-state index contributed by atoms with van der Waals surface area (Å²) in [5, 5.41) is 1.73. The van der Waals surface area contributed by atoms with Crippen molar-refractivity contribution in [2.24, 2.45) is 0 Å². The third-order valence-electron chi connectivity index (χ3n) is 5.49. The van der Waals surface area contributed by atoms with Gasteiger partial charge in [0.25, 0.3) is 10.0 Å². The fourth-order valence-corrected chi connectivity index (χ4v) is 6.80. The van der Waals surface area contributed by atoms with Crippen LogP contribution in [0.4, 0.5) is 20.6 Å². The molecule has 2 N–H and O–H groups in total. The highest BCUT2D eigenvalue weighted by atomic mass is 35.5. The van der Waals surface area contributed by atoms with Gasteiger partial charge in [-0.3, -0.25) is 9.62 Å². The van der Waals surface area contributed by atoms with Gasteiger partial charge in [0.1, 0.15) is 23.3 Å². The van der Waals surface area contributed by atoms with Crippen molar-refractivity contribution in [3.05, 3.63) is 47.2 Å². The van der Waals surface area contributed by atoms with Gasteiger partial charge in [-0.25, -0.2) is 30.7 Å². The minimum absolute atomic E-state index is 0.0929. The summed E-state index contributed by atoms with van der Waals surface area (Å²) < 4.78 is 80.3. The van der Waals surface area contributed by atoms with Gasteiger partial charge in [-0.2, -0.15) is 0 Å². The van der Waals surface area contributed by atoms with Crippen LogP contribution in [0.15, 0.2) is 41.3 Å². The summed E-state index contributed by atoms with van der Waals surface area (Å²) in [5.41, 5.74) is -0.420. The number of nitrogens with zero attached hydrogens (tertiary/aromatic N) is 1. The molecule has 2 aromatic carbocycles. The minimum atomic E-state index is -4.30. The van der Waals surface area contributed by atoms with Crippen LogP contribution < -0.4 is 19.1 Å². The van der Waals surface area contributed by atoms with Crippen LogP contribution in [0, 0.1) is 5.82 Å². The zero-order valence-corrected chi connectivity index (χ0v) is 22.7. The lowest BCUT2D eigenvalue weighted by molar-refractivity contribution is 0.0636. The van der Waals surface area contributed by atoms with E-state index in [0.717, 1.165) is 22.5 Å². The van der Waals surface area contributed by atoms with Crippen LogP contribution in [-0.2, 0) is 24.8 Å². The van der Waals surface area contributed by atoms with Crippen molar-refractivity contribution < 1.29 is 35.5 Å². The number of benzene rings is 2. The summed E-state index contributed by atoms with van der Waals surface area (Å²) in [7, 11) is -7.83. The molecule has 0 unspecified atom stereocenters. The molecule has 0 bridgehead atoms. The summed E-state index contributed by atoms with van der Waals surface area (Å²) in [5.74, 6) is -0.632. The Kier molecular flexibility index (Phi) is 7.36. The Bertz CT molecular complexity index is 1420. The van der Waals surface area contributed by atoms with E-state index in [9.17, 15) is 26.0 Å². The molecule has 0 spiro atoms. The summed E-state index contributed by atoms with van der Waals surface area (Å²) in [6.45, 7) is 4.69. The molecule has 1 heterocycles. The highest BCUT2D eigenvalue weighted by Crippen LogP contribution is 2.39. The zero-order chi connectivity index (χ0) is 27.2. The van der Waals surface area contributed by atoms with Crippen LogP contribution in [0.1, 0.15) is 33.6 Å². The molecule has 10 nitrogen and oxygen atoms in total. The highest BCUT2D eigenvalue weighted by Gasteiger charge is 2.39. The molecule has 0 saturated heterocycles. The Hall–Kier alpha value is -2.61. The molecule has 2 aliphatic rings. The molecular weight excluding hydrogens is 549 g/mol. The number of halogens is 2. The number of carbonyl (C=O) groups excluding carboxylic acids is 1. The van der Waals surface area contributed by atoms with E-state index in [-0.39, 0.29) is 40.1 Å². The van der Waals surface area contributed by atoms with Gasteiger partial charge in [0.2, 0.25) is 10.0 Å². The number of rotatable bonds is 7. The quantitative estimate of drug-likeness (QED) is 0.512. The lowest BCUT2D eigenvalue weighted by Gasteiger charge is -2.36. The van der Waals surface area contributed by atoms with E-state index in [1.165, 1.54) is 18.2 Å². The molecule has 1 atom stereocenters. The van der Waals surface area contributed by atoms with E-state index < -0.39 is 48.9 Å². The fourth-order valence-electron chi connectivity index (χ4n) is 3.61. The molecule has 0 radical (unpaired) electrons. The van der Waals surface area contributed by atoms with Gasteiger partial charge in [0.15, 0.2) is 0 Å². The van der Waals surface area contributed by atoms with Crippen molar-refractivity contribution in [2.75, 3.05) is 22.7 Å². The van der Waals surface area contributed by atoms with Crippen molar-refractivity contribution in [1.29, 1.82) is 0 Å². The Balaban J connectivity index is 1.67. The molecule has 2 aromatic rings. The first-order chi connectivity index (χ1) is 17.2. The first-order valence-corrected chi connectivity index (χ1v) is 14.8. The second-order valence-corrected chi connectivity index (χ2v) is 14.1. The predicted molar refractivity (Wildman–Crippen MR) is 137 cm³/mol. The van der Waals surface area contributed by atoms with E-state index >= 15 is 0 Å². The maximum atomic E-state index is 13.7. The topological polar surface area (TPSA) is 131 Å². The van der Waals surface area contributed by atoms with Crippen molar-refractivity contribution in [2.45, 2.75) is 55.5 Å². The van der Waals surface area contributed by atoms with Crippen molar-refractivity contribution in [3.63, 3.8) is 0 Å². The van der Waals surface area contributed by atoms with Crippen molar-refractivity contribution in [1.82, 2.24) is 4.72 Å². The monoisotopic (exact) mass is 575 g/mol. The lowest BCUT2D eigenvalue weighted by atomic mass is 10.2. The van der Waals surface area contributed by atoms with Crippen molar-refractivity contribution >= 4 is 49.1 Å². The molecule has 1 aliphatic carbocycles. The van der Waals surface area contributed by atoms with Gasteiger partial charge in [-0.1, -0.05) is 11.6 Å². The lowest BCUT2D eigenvalue weighted by Crippen LogP contribution is -2.48. The normalized spacial score (nSPS) is 18.1. The van der Waals surface area contributed by atoms with Gasteiger partial charge in [-0.05, 0) is 70.0 Å². The van der Waals surface area contributed by atoms with Gasteiger partial charge in [-0.15, -0.1) is 0 Å². The summed E-state index contributed by atoms with van der Waals surface area (Å²) in [6, 6.07) is 7.38. The van der Waals surface area contributed by atoms with Crippen LogP contribution in [0.3, 0.4) is 0 Å². The second kappa shape index (κ2) is 9.93. The second-order valence-electron chi connectivity index (χ2n) is 9.75. The predicted octanol–water partition coefficient (Wildman–Crippen LogP) is 3.86. The van der Waals surface area contributed by atoms with Crippen molar-refractivity contribution in [3.8, 4) is 5.75 Å². The third-order valence-corrected chi connectivity index (χ3v) is 9.47. The maximum Gasteiger partial charge on any atom is 0.412 e. The average Bonchev–Trinajstić information content (AvgIpc) is 3.64. The SMILES string of the molecule is CC(C)(C)OC(=O)Nc1ccc2c(c1)N(S(=O)(=O)c1ccc(F)c(Cl)c1)C[C@H](CNS(=O)(=O)C1CC1)O2. The Labute approximate surface area is 220 Å². The molecule has 1 fully saturated rings. The average molecular weight is 576 g/mol.